The molecule has 0 unspecified atom stereocenters. The predicted octanol–water partition coefficient (Wildman–Crippen LogP) is 4.85. The first-order chi connectivity index (χ1) is 11.6. The minimum absolute atomic E-state index is 0.251. The number of hydrogen-bond donors (Lipinski definition) is 0. The van der Waals surface area contributed by atoms with E-state index in [9.17, 15) is 4.79 Å². The molecule has 0 spiro atoms. The predicted molar refractivity (Wildman–Crippen MR) is 103 cm³/mol. The molecule has 0 bridgehead atoms. The number of fused-ring (bicyclic) bond motifs is 1. The highest BCUT2D eigenvalue weighted by Gasteiger charge is 2.12. The topological polar surface area (TPSA) is 34.4 Å². The minimum Gasteiger partial charge on any atom is -0.303 e. The van der Waals surface area contributed by atoms with Crippen molar-refractivity contribution in [2.45, 2.75) is 6.54 Å². The van der Waals surface area contributed by atoms with Crippen LogP contribution in [-0.4, -0.2) is 10.5 Å². The SMILES string of the molecule is C#CCn1c(=NC(=O)/C=C/c2cccs2)sc2ccc(Cl)c(Cl)c21. The summed E-state index contributed by atoms with van der Waals surface area (Å²) in [6.45, 7) is 0.251. The molecule has 7 heteroatoms. The fourth-order valence-corrected chi connectivity index (χ4v) is 4.23. The van der Waals surface area contributed by atoms with Crippen LogP contribution in [0.4, 0.5) is 0 Å². The zero-order chi connectivity index (χ0) is 17.1. The van der Waals surface area contributed by atoms with Gasteiger partial charge >= 0.3 is 0 Å². The van der Waals surface area contributed by atoms with Crippen LogP contribution in [0.15, 0.2) is 40.7 Å². The molecule has 0 aliphatic heterocycles. The number of hydrogen-bond acceptors (Lipinski definition) is 3. The van der Waals surface area contributed by atoms with E-state index >= 15 is 0 Å². The van der Waals surface area contributed by atoms with Crippen molar-refractivity contribution >= 4 is 68.1 Å². The fraction of sp³-hybridized carbons (Fsp3) is 0.0588. The molecular formula is C17H10Cl2N2OS2. The summed E-state index contributed by atoms with van der Waals surface area (Å²) in [5.41, 5.74) is 0.695. The smallest absolute Gasteiger partial charge is 0.272 e. The number of carbonyl (C=O) groups excluding carboxylic acids is 1. The Morgan fingerprint density at radius 2 is 2.21 bits per heavy atom. The molecule has 0 N–H and O–H groups in total. The number of carbonyl (C=O) groups is 1. The summed E-state index contributed by atoms with van der Waals surface area (Å²) in [6.07, 6.45) is 8.61. The van der Waals surface area contributed by atoms with E-state index in [1.165, 1.54) is 17.4 Å². The van der Waals surface area contributed by atoms with Crippen LogP contribution in [-0.2, 0) is 11.3 Å². The van der Waals surface area contributed by atoms with Gasteiger partial charge in [0.05, 0.1) is 26.8 Å². The Morgan fingerprint density at radius 3 is 2.92 bits per heavy atom. The summed E-state index contributed by atoms with van der Waals surface area (Å²) in [5, 5.41) is 2.78. The number of aromatic nitrogens is 1. The third-order valence-corrected chi connectivity index (χ3v) is 5.80. The van der Waals surface area contributed by atoms with Gasteiger partial charge in [0.1, 0.15) is 0 Å². The number of rotatable bonds is 3. The average Bonchev–Trinajstić information content (AvgIpc) is 3.18. The third kappa shape index (κ3) is 3.47. The van der Waals surface area contributed by atoms with E-state index in [-0.39, 0.29) is 12.5 Å². The van der Waals surface area contributed by atoms with Crippen molar-refractivity contribution in [2.75, 3.05) is 0 Å². The third-order valence-electron chi connectivity index (χ3n) is 3.12. The van der Waals surface area contributed by atoms with Crippen LogP contribution < -0.4 is 4.80 Å². The second-order valence-corrected chi connectivity index (χ2v) is 7.46. The van der Waals surface area contributed by atoms with E-state index in [1.54, 1.807) is 28.0 Å². The van der Waals surface area contributed by atoms with Crippen LogP contribution in [0.3, 0.4) is 0 Å². The maximum absolute atomic E-state index is 12.1. The lowest BCUT2D eigenvalue weighted by molar-refractivity contribution is -0.113. The van der Waals surface area contributed by atoms with E-state index in [1.807, 2.05) is 23.6 Å². The van der Waals surface area contributed by atoms with Gasteiger partial charge in [-0.05, 0) is 29.7 Å². The fourth-order valence-electron chi connectivity index (χ4n) is 2.10. The van der Waals surface area contributed by atoms with Crippen LogP contribution in [0.1, 0.15) is 4.88 Å². The molecule has 2 heterocycles. The van der Waals surface area contributed by atoms with Gasteiger partial charge in [-0.1, -0.05) is 46.5 Å². The lowest BCUT2D eigenvalue weighted by atomic mass is 10.3. The Morgan fingerprint density at radius 1 is 1.38 bits per heavy atom. The molecule has 0 fully saturated rings. The molecule has 1 aromatic carbocycles. The van der Waals surface area contributed by atoms with Crippen LogP contribution in [0.5, 0.6) is 0 Å². The number of thiazole rings is 1. The molecule has 1 amide bonds. The van der Waals surface area contributed by atoms with E-state index in [0.29, 0.717) is 20.4 Å². The van der Waals surface area contributed by atoms with Crippen LogP contribution in [0, 0.1) is 12.3 Å². The highest BCUT2D eigenvalue weighted by atomic mass is 35.5. The van der Waals surface area contributed by atoms with E-state index < -0.39 is 0 Å². The Kier molecular flexibility index (Phi) is 5.22. The molecule has 0 aliphatic carbocycles. The molecule has 0 aliphatic rings. The first kappa shape index (κ1) is 17.0. The van der Waals surface area contributed by atoms with Crippen molar-refractivity contribution in [1.29, 1.82) is 0 Å². The highest BCUT2D eigenvalue weighted by molar-refractivity contribution is 7.16. The Balaban J connectivity index is 2.08. The van der Waals surface area contributed by atoms with Crippen molar-refractivity contribution in [2.24, 2.45) is 4.99 Å². The maximum atomic E-state index is 12.1. The molecule has 3 rings (SSSR count). The van der Waals surface area contributed by atoms with Crippen molar-refractivity contribution in [1.82, 2.24) is 4.57 Å². The second-order valence-electron chi connectivity index (χ2n) is 4.68. The standard InChI is InChI=1S/C17H10Cl2N2OS2/c1-2-9-21-16-13(7-6-12(18)15(16)19)24-17(21)20-14(22)8-5-11-4-3-10-23-11/h1,3-8,10H,9H2/b8-5+,20-17?. The molecule has 24 heavy (non-hydrogen) atoms. The molecule has 0 saturated carbocycles. The minimum atomic E-state index is -0.358. The summed E-state index contributed by atoms with van der Waals surface area (Å²) in [6, 6.07) is 7.40. The lowest BCUT2D eigenvalue weighted by Crippen LogP contribution is -2.16. The van der Waals surface area contributed by atoms with Crippen molar-refractivity contribution in [3.05, 3.63) is 55.4 Å². The summed E-state index contributed by atoms with van der Waals surface area (Å²) in [7, 11) is 0. The first-order valence-electron chi connectivity index (χ1n) is 6.81. The number of nitrogens with zero attached hydrogens (tertiary/aromatic N) is 2. The van der Waals surface area contributed by atoms with E-state index in [4.69, 9.17) is 29.6 Å². The zero-order valence-corrected chi connectivity index (χ0v) is 15.3. The van der Waals surface area contributed by atoms with Gasteiger partial charge in [0.25, 0.3) is 5.91 Å². The molecule has 120 valence electrons. The van der Waals surface area contributed by atoms with Crippen LogP contribution in [0.25, 0.3) is 16.3 Å². The van der Waals surface area contributed by atoms with E-state index in [2.05, 4.69) is 10.9 Å². The van der Waals surface area contributed by atoms with Crippen LogP contribution in [0.2, 0.25) is 10.0 Å². The largest absolute Gasteiger partial charge is 0.303 e. The Labute approximate surface area is 156 Å². The average molecular weight is 393 g/mol. The van der Waals surface area contributed by atoms with Gasteiger partial charge in [-0.15, -0.1) is 17.8 Å². The molecule has 0 saturated heterocycles. The zero-order valence-electron chi connectivity index (χ0n) is 12.2. The number of halogens is 2. The quantitative estimate of drug-likeness (QED) is 0.463. The summed E-state index contributed by atoms with van der Waals surface area (Å²) >= 11 is 15.3. The van der Waals surface area contributed by atoms with Gasteiger partial charge in [0.2, 0.25) is 0 Å². The molecule has 3 aromatic rings. The Bertz CT molecular complexity index is 1040. The van der Waals surface area contributed by atoms with Gasteiger partial charge in [0, 0.05) is 11.0 Å². The second kappa shape index (κ2) is 7.37. The maximum Gasteiger partial charge on any atom is 0.272 e. The van der Waals surface area contributed by atoms with Crippen LogP contribution >= 0.6 is 45.9 Å². The number of amides is 1. The van der Waals surface area contributed by atoms with Gasteiger partial charge in [-0.3, -0.25) is 4.79 Å². The lowest BCUT2D eigenvalue weighted by Gasteiger charge is -2.02. The Hall–Kier alpha value is -1.84. The molecule has 0 atom stereocenters. The van der Waals surface area contributed by atoms with Crippen molar-refractivity contribution < 1.29 is 4.79 Å². The number of thiophene rings is 1. The monoisotopic (exact) mass is 392 g/mol. The summed E-state index contributed by atoms with van der Waals surface area (Å²) in [4.78, 5) is 17.8. The number of terminal acetylenes is 1. The molecule has 3 nitrogen and oxygen atoms in total. The van der Waals surface area contributed by atoms with Crippen molar-refractivity contribution in [3.63, 3.8) is 0 Å². The molecule has 0 radical (unpaired) electrons. The van der Waals surface area contributed by atoms with Gasteiger partial charge < -0.3 is 4.57 Å². The van der Waals surface area contributed by atoms with Gasteiger partial charge in [-0.2, -0.15) is 4.99 Å². The van der Waals surface area contributed by atoms with E-state index in [0.717, 1.165) is 9.58 Å². The summed E-state index contributed by atoms with van der Waals surface area (Å²) in [5.74, 6) is 2.20. The molecule has 2 aromatic heterocycles. The highest BCUT2D eigenvalue weighted by Crippen LogP contribution is 2.32. The normalized spacial score (nSPS) is 12.1. The summed E-state index contributed by atoms with van der Waals surface area (Å²) < 4.78 is 2.60. The van der Waals surface area contributed by atoms with Crippen molar-refractivity contribution in [3.8, 4) is 12.3 Å². The van der Waals surface area contributed by atoms with Gasteiger partial charge in [-0.25, -0.2) is 0 Å². The first-order valence-corrected chi connectivity index (χ1v) is 9.26. The van der Waals surface area contributed by atoms with Gasteiger partial charge in [0.15, 0.2) is 4.80 Å². The number of benzene rings is 1. The molecular weight excluding hydrogens is 383 g/mol.